The van der Waals surface area contributed by atoms with E-state index in [1.807, 2.05) is 6.07 Å². The molecule has 0 bridgehead atoms. The molecule has 1 aromatic rings. The number of oxime groups is 1. The smallest absolute Gasteiger partial charge is 0.162 e. The molecule has 0 aliphatic heterocycles. The van der Waals surface area contributed by atoms with Crippen LogP contribution in [0.15, 0.2) is 23.4 Å². The molecule has 0 atom stereocenters. The van der Waals surface area contributed by atoms with E-state index in [1.165, 1.54) is 12.8 Å². The summed E-state index contributed by atoms with van der Waals surface area (Å²) in [6.07, 6.45) is 4.80. The Morgan fingerprint density at radius 3 is 2.68 bits per heavy atom. The lowest BCUT2D eigenvalue weighted by Crippen LogP contribution is -2.12. The summed E-state index contributed by atoms with van der Waals surface area (Å²) >= 11 is 5.74. The average Bonchev–Trinajstić information content (AvgIpc) is 2.93. The Labute approximate surface area is 118 Å². The first-order valence-corrected chi connectivity index (χ1v) is 6.94. The van der Waals surface area contributed by atoms with Crippen molar-refractivity contribution >= 4 is 17.3 Å². The highest BCUT2D eigenvalue weighted by Gasteiger charge is 2.19. The predicted octanol–water partition coefficient (Wildman–Crippen LogP) is 3.43. The van der Waals surface area contributed by atoms with Crippen molar-refractivity contribution in [3.05, 3.63) is 23.8 Å². The molecule has 1 N–H and O–H groups in total. The van der Waals surface area contributed by atoms with Crippen molar-refractivity contribution in [1.82, 2.24) is 0 Å². The minimum atomic E-state index is 0.145. The number of rotatable bonds is 5. The molecule has 0 heterocycles. The molecule has 5 heteroatoms. The Morgan fingerprint density at radius 1 is 1.37 bits per heavy atom. The fourth-order valence-corrected chi connectivity index (χ4v) is 2.50. The maximum atomic E-state index is 8.91. The van der Waals surface area contributed by atoms with E-state index in [4.69, 9.17) is 26.3 Å². The molecule has 0 radical (unpaired) electrons. The fraction of sp³-hybridized carbons (Fsp3) is 0.500. The summed E-state index contributed by atoms with van der Waals surface area (Å²) in [6.45, 7) is 0. The Kier molecular flexibility index (Phi) is 4.91. The van der Waals surface area contributed by atoms with Crippen molar-refractivity contribution in [1.29, 1.82) is 0 Å². The summed E-state index contributed by atoms with van der Waals surface area (Å²) in [4.78, 5) is 0. The van der Waals surface area contributed by atoms with Crippen LogP contribution >= 0.6 is 11.6 Å². The van der Waals surface area contributed by atoms with E-state index in [2.05, 4.69) is 5.16 Å². The van der Waals surface area contributed by atoms with Crippen LogP contribution in [0, 0.1) is 0 Å². The van der Waals surface area contributed by atoms with Gasteiger partial charge in [-0.1, -0.05) is 5.16 Å². The molecule has 1 aromatic carbocycles. The van der Waals surface area contributed by atoms with Crippen molar-refractivity contribution in [2.75, 3.05) is 13.0 Å². The van der Waals surface area contributed by atoms with Gasteiger partial charge in [-0.2, -0.15) is 0 Å². The van der Waals surface area contributed by atoms with Gasteiger partial charge >= 0.3 is 0 Å². The van der Waals surface area contributed by atoms with E-state index in [-0.39, 0.29) is 12.0 Å². The zero-order chi connectivity index (χ0) is 13.7. The van der Waals surface area contributed by atoms with Gasteiger partial charge in [-0.05, 0) is 43.9 Å². The highest BCUT2D eigenvalue weighted by Crippen LogP contribution is 2.32. The first kappa shape index (κ1) is 14.0. The Bertz CT molecular complexity index is 456. The molecule has 1 fully saturated rings. The SMILES string of the molecule is COc1ccc(/C(CCl)=N/O)cc1OC1CCCC1. The quantitative estimate of drug-likeness (QED) is 0.390. The Morgan fingerprint density at radius 2 is 2.11 bits per heavy atom. The molecule has 4 nitrogen and oxygen atoms in total. The zero-order valence-electron chi connectivity index (χ0n) is 10.9. The molecule has 0 unspecified atom stereocenters. The highest BCUT2D eigenvalue weighted by atomic mass is 35.5. The van der Waals surface area contributed by atoms with Crippen LogP contribution < -0.4 is 9.47 Å². The van der Waals surface area contributed by atoms with Gasteiger partial charge in [0.15, 0.2) is 11.5 Å². The maximum Gasteiger partial charge on any atom is 0.162 e. The minimum Gasteiger partial charge on any atom is -0.493 e. The van der Waals surface area contributed by atoms with Gasteiger partial charge in [0.1, 0.15) is 5.71 Å². The number of hydrogen-bond acceptors (Lipinski definition) is 4. The van der Waals surface area contributed by atoms with Crippen molar-refractivity contribution in [2.45, 2.75) is 31.8 Å². The molecular formula is C14H18ClNO3. The number of hydrogen-bond donors (Lipinski definition) is 1. The van der Waals surface area contributed by atoms with E-state index in [1.54, 1.807) is 19.2 Å². The molecule has 19 heavy (non-hydrogen) atoms. The summed E-state index contributed by atoms with van der Waals surface area (Å²) < 4.78 is 11.3. The first-order valence-electron chi connectivity index (χ1n) is 6.40. The maximum absolute atomic E-state index is 8.91. The molecule has 1 saturated carbocycles. The van der Waals surface area contributed by atoms with Gasteiger partial charge < -0.3 is 14.7 Å². The van der Waals surface area contributed by atoms with Gasteiger partial charge in [0.25, 0.3) is 0 Å². The van der Waals surface area contributed by atoms with Crippen molar-refractivity contribution in [3.8, 4) is 11.5 Å². The second-order valence-electron chi connectivity index (χ2n) is 4.57. The lowest BCUT2D eigenvalue weighted by atomic mass is 10.1. The summed E-state index contributed by atoms with van der Waals surface area (Å²) in [5.74, 6) is 1.51. The molecule has 104 valence electrons. The molecular weight excluding hydrogens is 266 g/mol. The van der Waals surface area contributed by atoms with E-state index in [9.17, 15) is 0 Å². The largest absolute Gasteiger partial charge is 0.493 e. The van der Waals surface area contributed by atoms with Crippen LogP contribution in [0.4, 0.5) is 0 Å². The van der Waals surface area contributed by atoms with Crippen LogP contribution in [0.25, 0.3) is 0 Å². The second-order valence-corrected chi connectivity index (χ2v) is 4.84. The van der Waals surface area contributed by atoms with E-state index in [0.29, 0.717) is 17.2 Å². The molecule has 2 rings (SSSR count). The summed E-state index contributed by atoms with van der Waals surface area (Å²) in [5, 5.41) is 12.1. The summed E-state index contributed by atoms with van der Waals surface area (Å²) in [7, 11) is 1.61. The van der Waals surface area contributed by atoms with Crippen LogP contribution in [0.5, 0.6) is 11.5 Å². The first-order chi connectivity index (χ1) is 9.28. The Hall–Kier alpha value is -1.42. The molecule has 0 aromatic heterocycles. The van der Waals surface area contributed by atoms with Crippen LogP contribution in [-0.2, 0) is 0 Å². The normalized spacial score (nSPS) is 16.6. The number of nitrogens with zero attached hydrogens (tertiary/aromatic N) is 1. The monoisotopic (exact) mass is 283 g/mol. The zero-order valence-corrected chi connectivity index (χ0v) is 11.7. The fourth-order valence-electron chi connectivity index (χ4n) is 2.30. The average molecular weight is 284 g/mol. The van der Waals surface area contributed by atoms with Crippen molar-refractivity contribution in [2.24, 2.45) is 5.16 Å². The third-order valence-electron chi connectivity index (χ3n) is 3.34. The number of alkyl halides is 1. The van der Waals surface area contributed by atoms with Gasteiger partial charge in [0, 0.05) is 5.56 Å². The molecule has 0 amide bonds. The third-order valence-corrected chi connectivity index (χ3v) is 3.59. The number of halogens is 1. The molecule has 1 aliphatic carbocycles. The predicted molar refractivity (Wildman–Crippen MR) is 74.9 cm³/mol. The van der Waals surface area contributed by atoms with Crippen LogP contribution in [0.1, 0.15) is 31.2 Å². The lowest BCUT2D eigenvalue weighted by molar-refractivity contribution is 0.201. The number of benzene rings is 1. The molecule has 1 aliphatic rings. The minimum absolute atomic E-state index is 0.145. The molecule has 0 saturated heterocycles. The Balaban J connectivity index is 2.25. The highest BCUT2D eigenvalue weighted by molar-refractivity contribution is 6.31. The number of methoxy groups -OCH3 is 1. The van der Waals surface area contributed by atoms with Gasteiger partial charge in [0.05, 0.1) is 19.1 Å². The van der Waals surface area contributed by atoms with Crippen molar-refractivity contribution in [3.63, 3.8) is 0 Å². The van der Waals surface area contributed by atoms with Crippen molar-refractivity contribution < 1.29 is 14.7 Å². The van der Waals surface area contributed by atoms with Gasteiger partial charge in [-0.3, -0.25) is 0 Å². The standard InChI is InChI=1S/C14H18ClNO3/c1-18-13-7-6-10(12(9-15)16-17)8-14(13)19-11-4-2-3-5-11/h6-8,11,17H,2-5,9H2,1H3/b16-12+. The van der Waals surface area contributed by atoms with E-state index in [0.717, 1.165) is 18.4 Å². The second kappa shape index (κ2) is 6.66. The van der Waals surface area contributed by atoms with Crippen LogP contribution in [0.3, 0.4) is 0 Å². The summed E-state index contributed by atoms with van der Waals surface area (Å²) in [6, 6.07) is 5.42. The van der Waals surface area contributed by atoms with E-state index < -0.39 is 0 Å². The van der Waals surface area contributed by atoms with Gasteiger partial charge in [-0.15, -0.1) is 11.6 Å². The van der Waals surface area contributed by atoms with Gasteiger partial charge in [-0.25, -0.2) is 0 Å². The topological polar surface area (TPSA) is 51.0 Å². The van der Waals surface area contributed by atoms with E-state index >= 15 is 0 Å². The lowest BCUT2D eigenvalue weighted by Gasteiger charge is -2.16. The van der Waals surface area contributed by atoms with Crippen LogP contribution in [-0.4, -0.2) is 30.0 Å². The molecule has 0 spiro atoms. The summed E-state index contributed by atoms with van der Waals surface area (Å²) in [5.41, 5.74) is 1.16. The van der Waals surface area contributed by atoms with Crippen LogP contribution in [0.2, 0.25) is 0 Å². The van der Waals surface area contributed by atoms with Gasteiger partial charge in [0.2, 0.25) is 0 Å². The third kappa shape index (κ3) is 3.32. The number of ether oxygens (including phenoxy) is 2.